The fourth-order valence-electron chi connectivity index (χ4n) is 2.86. The van der Waals surface area contributed by atoms with Crippen LogP contribution in [0.3, 0.4) is 0 Å². The van der Waals surface area contributed by atoms with E-state index in [1.165, 1.54) is 6.07 Å². The molecule has 0 amide bonds. The Morgan fingerprint density at radius 3 is 2.62 bits per heavy atom. The minimum Gasteiger partial charge on any atom is -0.494 e. The molecule has 1 saturated carbocycles. The number of hydrogen-bond acceptors (Lipinski definition) is 3. The summed E-state index contributed by atoms with van der Waals surface area (Å²) in [5, 5.41) is 9.10. The number of hydrogen-bond donors (Lipinski definition) is 1. The molecule has 126 valence electrons. The number of alkyl halides is 3. The van der Waals surface area contributed by atoms with Gasteiger partial charge < -0.3 is 9.84 Å². The average Bonchev–Trinajstić information content (AvgIpc) is 3.34. The predicted molar refractivity (Wildman–Crippen MR) is 79.7 cm³/mol. The molecule has 1 aliphatic carbocycles. The van der Waals surface area contributed by atoms with Crippen LogP contribution in [-0.2, 0) is 11.0 Å². The van der Waals surface area contributed by atoms with Gasteiger partial charge in [-0.2, -0.15) is 13.2 Å². The molecule has 0 bridgehead atoms. The fraction of sp³-hybridized carbons (Fsp3) is 0.294. The van der Waals surface area contributed by atoms with Crippen molar-refractivity contribution in [1.82, 2.24) is 4.98 Å². The van der Waals surface area contributed by atoms with Gasteiger partial charge in [0.05, 0.1) is 13.0 Å². The Labute approximate surface area is 135 Å². The molecule has 0 spiro atoms. The van der Waals surface area contributed by atoms with E-state index in [1.807, 2.05) is 0 Å². The number of benzene rings is 1. The maximum atomic E-state index is 12.9. The van der Waals surface area contributed by atoms with Gasteiger partial charge in [0.1, 0.15) is 5.75 Å². The number of aliphatic carboxylic acids is 1. The van der Waals surface area contributed by atoms with Crippen LogP contribution in [-0.4, -0.2) is 23.2 Å². The molecule has 4 nitrogen and oxygen atoms in total. The van der Waals surface area contributed by atoms with Crippen molar-refractivity contribution in [3.63, 3.8) is 0 Å². The molecule has 7 heteroatoms. The molecule has 1 aromatic heterocycles. The van der Waals surface area contributed by atoms with Crippen LogP contribution in [0.4, 0.5) is 13.2 Å². The monoisotopic (exact) mass is 337 g/mol. The molecule has 3 rings (SSSR count). The van der Waals surface area contributed by atoms with Crippen LogP contribution in [0.1, 0.15) is 23.6 Å². The Balaban J connectivity index is 2.03. The van der Waals surface area contributed by atoms with Gasteiger partial charge in [-0.05, 0) is 29.5 Å². The number of carbonyl (C=O) groups is 1. The molecule has 0 aliphatic heterocycles. The highest BCUT2D eigenvalue weighted by molar-refractivity contribution is 5.78. The molecular formula is C17H14F3NO3. The highest BCUT2D eigenvalue weighted by Gasteiger charge is 2.45. The Morgan fingerprint density at radius 1 is 1.33 bits per heavy atom. The average molecular weight is 337 g/mol. The van der Waals surface area contributed by atoms with E-state index in [0.29, 0.717) is 17.5 Å². The largest absolute Gasteiger partial charge is 0.494 e. The molecule has 1 heterocycles. The lowest BCUT2D eigenvalue weighted by Gasteiger charge is -2.14. The number of nitrogens with zero attached hydrogens (tertiary/aromatic N) is 1. The van der Waals surface area contributed by atoms with Crippen LogP contribution >= 0.6 is 0 Å². The predicted octanol–water partition coefficient (Wildman–Crippen LogP) is 3.96. The molecule has 24 heavy (non-hydrogen) atoms. The number of pyridine rings is 1. The van der Waals surface area contributed by atoms with Gasteiger partial charge in [0, 0.05) is 11.8 Å². The summed E-state index contributed by atoms with van der Waals surface area (Å²) in [5.74, 6) is -1.80. The summed E-state index contributed by atoms with van der Waals surface area (Å²) in [6.07, 6.45) is -2.94. The summed E-state index contributed by atoms with van der Waals surface area (Å²) in [5.41, 5.74) is 0.854. The number of ether oxygens (including phenoxy) is 1. The van der Waals surface area contributed by atoms with Gasteiger partial charge in [-0.3, -0.25) is 4.79 Å². The van der Waals surface area contributed by atoms with E-state index in [2.05, 4.69) is 4.98 Å². The van der Waals surface area contributed by atoms with E-state index in [0.717, 1.165) is 18.9 Å². The summed E-state index contributed by atoms with van der Waals surface area (Å²) in [7, 11) is 1.16. The SMILES string of the molecule is COc1cc(-c2ccccc2[C@@H]2C[C@H]2C(=O)O)cnc1C(F)(F)F. The molecule has 1 N–H and O–H groups in total. The molecule has 2 aromatic rings. The van der Waals surface area contributed by atoms with Crippen LogP contribution in [0.2, 0.25) is 0 Å². The zero-order valence-corrected chi connectivity index (χ0v) is 12.7. The molecule has 0 unspecified atom stereocenters. The molecule has 1 aromatic carbocycles. The molecule has 0 radical (unpaired) electrons. The standard InChI is InChI=1S/C17H14F3NO3/c1-24-14-6-9(8-21-15(14)17(18,19)20)10-4-2-3-5-11(10)12-7-13(12)16(22)23/h2-6,8,12-13H,7H2,1H3,(H,22,23)/t12-,13+/m0/s1. The lowest BCUT2D eigenvalue weighted by atomic mass is 9.96. The number of methoxy groups -OCH3 is 1. The maximum absolute atomic E-state index is 12.9. The summed E-state index contributed by atoms with van der Waals surface area (Å²) in [6.45, 7) is 0. The quantitative estimate of drug-likeness (QED) is 0.917. The summed E-state index contributed by atoms with van der Waals surface area (Å²) in [6, 6.07) is 8.36. The lowest BCUT2D eigenvalue weighted by Crippen LogP contribution is -2.10. The van der Waals surface area contributed by atoms with E-state index in [9.17, 15) is 18.0 Å². The van der Waals surface area contributed by atoms with Crippen molar-refractivity contribution in [1.29, 1.82) is 0 Å². The van der Waals surface area contributed by atoms with E-state index in [1.54, 1.807) is 24.3 Å². The second kappa shape index (κ2) is 5.81. The van der Waals surface area contributed by atoms with Gasteiger partial charge in [-0.25, -0.2) is 4.98 Å². The van der Waals surface area contributed by atoms with Crippen LogP contribution in [0.15, 0.2) is 36.5 Å². The van der Waals surface area contributed by atoms with E-state index in [-0.39, 0.29) is 11.7 Å². The summed E-state index contributed by atoms with van der Waals surface area (Å²) in [4.78, 5) is 14.6. The van der Waals surface area contributed by atoms with Crippen molar-refractivity contribution >= 4 is 5.97 Å². The smallest absolute Gasteiger partial charge is 0.437 e. The Morgan fingerprint density at radius 2 is 2.04 bits per heavy atom. The minimum atomic E-state index is -4.60. The normalized spacial score (nSPS) is 19.8. The van der Waals surface area contributed by atoms with Gasteiger partial charge in [0.15, 0.2) is 5.69 Å². The van der Waals surface area contributed by atoms with Crippen LogP contribution < -0.4 is 4.74 Å². The Kier molecular flexibility index (Phi) is 3.95. The van der Waals surface area contributed by atoms with Crippen molar-refractivity contribution in [2.75, 3.05) is 7.11 Å². The van der Waals surface area contributed by atoms with Gasteiger partial charge in [-0.1, -0.05) is 24.3 Å². The van der Waals surface area contributed by atoms with Gasteiger partial charge in [0.25, 0.3) is 0 Å². The summed E-state index contributed by atoms with van der Waals surface area (Å²) < 4.78 is 43.6. The van der Waals surface area contributed by atoms with Crippen molar-refractivity contribution < 1.29 is 27.8 Å². The van der Waals surface area contributed by atoms with Crippen LogP contribution in [0.5, 0.6) is 5.75 Å². The molecule has 0 saturated heterocycles. The van der Waals surface area contributed by atoms with Gasteiger partial charge in [-0.15, -0.1) is 0 Å². The first-order valence-electron chi connectivity index (χ1n) is 7.26. The number of halogens is 3. The summed E-state index contributed by atoms with van der Waals surface area (Å²) >= 11 is 0. The van der Waals surface area contributed by atoms with Crippen molar-refractivity contribution in [2.45, 2.75) is 18.5 Å². The Hall–Kier alpha value is -2.57. The first-order valence-corrected chi connectivity index (χ1v) is 7.26. The zero-order chi connectivity index (χ0) is 17.5. The first kappa shape index (κ1) is 16.3. The van der Waals surface area contributed by atoms with Gasteiger partial charge >= 0.3 is 12.1 Å². The highest BCUT2D eigenvalue weighted by Crippen LogP contribution is 2.50. The first-order chi connectivity index (χ1) is 11.3. The Bertz CT molecular complexity index is 789. The van der Waals surface area contributed by atoms with E-state index < -0.39 is 23.8 Å². The van der Waals surface area contributed by atoms with Crippen molar-refractivity contribution in [3.8, 4) is 16.9 Å². The molecule has 1 fully saturated rings. The van der Waals surface area contributed by atoms with Gasteiger partial charge in [0.2, 0.25) is 0 Å². The molecule has 2 atom stereocenters. The topological polar surface area (TPSA) is 59.4 Å². The number of aromatic nitrogens is 1. The third kappa shape index (κ3) is 2.93. The highest BCUT2D eigenvalue weighted by atomic mass is 19.4. The third-order valence-corrected chi connectivity index (χ3v) is 4.12. The van der Waals surface area contributed by atoms with Crippen molar-refractivity contribution in [2.24, 2.45) is 5.92 Å². The van der Waals surface area contributed by atoms with E-state index in [4.69, 9.17) is 9.84 Å². The second-order valence-electron chi connectivity index (χ2n) is 5.65. The second-order valence-corrected chi connectivity index (χ2v) is 5.65. The third-order valence-electron chi connectivity index (χ3n) is 4.12. The van der Waals surface area contributed by atoms with Crippen molar-refractivity contribution in [3.05, 3.63) is 47.8 Å². The fourth-order valence-corrected chi connectivity index (χ4v) is 2.86. The minimum absolute atomic E-state index is 0.132. The van der Waals surface area contributed by atoms with Crippen LogP contribution in [0, 0.1) is 5.92 Å². The zero-order valence-electron chi connectivity index (χ0n) is 12.7. The molecule has 1 aliphatic rings. The number of rotatable bonds is 4. The van der Waals surface area contributed by atoms with E-state index >= 15 is 0 Å². The number of carboxylic acid groups (broad SMARTS) is 1. The lowest BCUT2D eigenvalue weighted by molar-refractivity contribution is -0.142. The number of carboxylic acids is 1. The van der Waals surface area contributed by atoms with Crippen LogP contribution in [0.25, 0.3) is 11.1 Å². The molecular weight excluding hydrogens is 323 g/mol. The maximum Gasteiger partial charge on any atom is 0.437 e.